The van der Waals surface area contributed by atoms with Crippen molar-refractivity contribution in [2.24, 2.45) is 21.5 Å². The fourth-order valence-corrected chi connectivity index (χ4v) is 3.04. The average molecular weight is 459 g/mol. The topological polar surface area (TPSA) is 103 Å². The van der Waals surface area contributed by atoms with Crippen LogP contribution in [-0.2, 0) is 0 Å². The smallest absolute Gasteiger partial charge is 0.168 e. The molecule has 0 saturated heterocycles. The van der Waals surface area contributed by atoms with Gasteiger partial charge in [-0.25, -0.2) is 0 Å². The quantitative estimate of drug-likeness (QED) is 0.202. The molecule has 0 saturated carbocycles. The Labute approximate surface area is 192 Å². The molecule has 2 heterocycles. The summed E-state index contributed by atoms with van der Waals surface area (Å²) in [5.41, 5.74) is 11.7. The zero-order valence-electron chi connectivity index (χ0n) is 17.6. The largest absolute Gasteiger partial charge is 0.461 e. The molecule has 4 N–H and O–H groups in total. The minimum atomic E-state index is 0. The minimum Gasteiger partial charge on any atom is -0.461 e. The van der Waals surface area contributed by atoms with Crippen LogP contribution in [0.5, 0.6) is 0 Å². The van der Waals surface area contributed by atoms with Crippen molar-refractivity contribution in [3.05, 3.63) is 48.3 Å². The summed E-state index contributed by atoms with van der Waals surface area (Å²) in [4.78, 5) is 8.71. The van der Waals surface area contributed by atoms with Crippen LogP contribution in [0.2, 0.25) is 0 Å². The highest BCUT2D eigenvalue weighted by Crippen LogP contribution is 2.11. The van der Waals surface area contributed by atoms with Gasteiger partial charge in [-0.3, -0.25) is 9.98 Å². The zero-order valence-corrected chi connectivity index (χ0v) is 19.3. The third-order valence-corrected chi connectivity index (χ3v) is 4.68. The van der Waals surface area contributed by atoms with Gasteiger partial charge in [0, 0.05) is 13.1 Å². The van der Waals surface area contributed by atoms with Crippen LogP contribution in [0.3, 0.4) is 0 Å². The summed E-state index contributed by atoms with van der Waals surface area (Å²) in [5, 5.41) is 0. The van der Waals surface area contributed by atoms with Gasteiger partial charge in [-0.05, 0) is 37.1 Å². The molecule has 2 aromatic heterocycles. The summed E-state index contributed by atoms with van der Waals surface area (Å²) in [7, 11) is 0. The van der Waals surface area contributed by atoms with Gasteiger partial charge < -0.3 is 20.3 Å². The number of unbranched alkanes of at least 4 members (excludes halogenated alkanes) is 9. The molecule has 0 amide bonds. The van der Waals surface area contributed by atoms with E-state index in [-0.39, 0.29) is 24.8 Å². The maximum absolute atomic E-state index is 5.85. The maximum Gasteiger partial charge on any atom is 0.168 e. The van der Waals surface area contributed by atoms with E-state index in [9.17, 15) is 0 Å². The summed E-state index contributed by atoms with van der Waals surface area (Å²) >= 11 is 0. The molecule has 2 aromatic rings. The highest BCUT2D eigenvalue weighted by atomic mass is 35.5. The van der Waals surface area contributed by atoms with E-state index in [1.54, 1.807) is 12.5 Å². The van der Waals surface area contributed by atoms with E-state index >= 15 is 0 Å². The zero-order chi connectivity index (χ0) is 19.9. The lowest BCUT2D eigenvalue weighted by molar-refractivity contribution is 0.550. The second-order valence-electron chi connectivity index (χ2n) is 7.02. The highest BCUT2D eigenvalue weighted by molar-refractivity contribution is 5.95. The molecule has 6 nitrogen and oxygen atoms in total. The number of aliphatic imine (C=N–C) groups is 2. The summed E-state index contributed by atoms with van der Waals surface area (Å²) in [6.45, 7) is 1.55. The number of amidine groups is 2. The van der Waals surface area contributed by atoms with Crippen LogP contribution in [0.1, 0.15) is 75.7 Å². The van der Waals surface area contributed by atoms with Crippen LogP contribution in [0.4, 0.5) is 0 Å². The van der Waals surface area contributed by atoms with Gasteiger partial charge >= 0.3 is 0 Å². The van der Waals surface area contributed by atoms with Crippen LogP contribution in [0.25, 0.3) is 0 Å². The Hall–Kier alpha value is -1.92. The number of nitrogens with zero attached hydrogens (tertiary/aromatic N) is 2. The molecule has 0 aliphatic rings. The van der Waals surface area contributed by atoms with Gasteiger partial charge in [0.05, 0.1) is 12.5 Å². The van der Waals surface area contributed by atoms with Crippen molar-refractivity contribution in [3.8, 4) is 0 Å². The van der Waals surface area contributed by atoms with Crippen molar-refractivity contribution < 1.29 is 8.83 Å². The normalized spacial score (nSPS) is 11.7. The second-order valence-corrected chi connectivity index (χ2v) is 7.02. The van der Waals surface area contributed by atoms with E-state index in [1.165, 1.54) is 51.4 Å². The Morgan fingerprint density at radius 2 is 0.933 bits per heavy atom. The number of nitrogens with two attached hydrogens (primary N) is 2. The fraction of sp³-hybridized carbons (Fsp3) is 0.545. The Morgan fingerprint density at radius 3 is 1.23 bits per heavy atom. The van der Waals surface area contributed by atoms with E-state index in [4.69, 9.17) is 20.3 Å². The van der Waals surface area contributed by atoms with Crippen molar-refractivity contribution in [1.29, 1.82) is 0 Å². The van der Waals surface area contributed by atoms with E-state index in [0.717, 1.165) is 25.9 Å². The monoisotopic (exact) mass is 458 g/mol. The van der Waals surface area contributed by atoms with Gasteiger partial charge in [0.2, 0.25) is 0 Å². The van der Waals surface area contributed by atoms with Gasteiger partial charge in [0.15, 0.2) is 23.2 Å². The lowest BCUT2D eigenvalue weighted by atomic mass is 10.1. The van der Waals surface area contributed by atoms with Crippen LogP contribution in [0.15, 0.2) is 55.6 Å². The molecule has 0 bridgehead atoms. The maximum atomic E-state index is 5.85. The summed E-state index contributed by atoms with van der Waals surface area (Å²) in [6.07, 6.45) is 15.6. The average Bonchev–Trinajstić information content (AvgIpc) is 3.41. The third-order valence-electron chi connectivity index (χ3n) is 4.68. The van der Waals surface area contributed by atoms with E-state index < -0.39 is 0 Å². The van der Waals surface area contributed by atoms with Crippen molar-refractivity contribution >= 4 is 36.5 Å². The molecule has 2 rings (SSSR count). The molecule has 0 radical (unpaired) electrons. The molecule has 30 heavy (non-hydrogen) atoms. The van der Waals surface area contributed by atoms with Crippen LogP contribution >= 0.6 is 24.8 Å². The molecule has 0 fully saturated rings. The predicted octanol–water partition coefficient (Wildman–Crippen LogP) is 5.73. The highest BCUT2D eigenvalue weighted by Gasteiger charge is 2.00. The van der Waals surface area contributed by atoms with Crippen LogP contribution < -0.4 is 11.5 Å². The Morgan fingerprint density at radius 1 is 0.600 bits per heavy atom. The van der Waals surface area contributed by atoms with Gasteiger partial charge in [-0.1, -0.05) is 51.4 Å². The Balaban J connectivity index is 0.00000420. The summed E-state index contributed by atoms with van der Waals surface area (Å²) in [6, 6.07) is 7.32. The molecular formula is C22H36Cl2N4O2. The lowest BCUT2D eigenvalue weighted by Crippen LogP contribution is -2.12. The molecule has 0 aliphatic carbocycles. The number of hydrogen-bond donors (Lipinski definition) is 2. The lowest BCUT2D eigenvalue weighted by Gasteiger charge is -2.02. The number of furan rings is 2. The molecule has 0 aromatic carbocycles. The van der Waals surface area contributed by atoms with Crippen molar-refractivity contribution in [1.82, 2.24) is 0 Å². The molecule has 0 unspecified atom stereocenters. The molecule has 170 valence electrons. The minimum absolute atomic E-state index is 0. The van der Waals surface area contributed by atoms with E-state index in [0.29, 0.717) is 23.2 Å². The first-order chi connectivity index (χ1) is 13.8. The fourth-order valence-electron chi connectivity index (χ4n) is 3.04. The Bertz CT molecular complexity index is 626. The summed E-state index contributed by atoms with van der Waals surface area (Å²) < 4.78 is 10.4. The van der Waals surface area contributed by atoms with Crippen molar-refractivity contribution in [2.75, 3.05) is 13.1 Å². The first-order valence-electron chi connectivity index (χ1n) is 10.4. The van der Waals surface area contributed by atoms with E-state index in [2.05, 4.69) is 9.98 Å². The molecule has 0 spiro atoms. The number of halogens is 2. The SMILES string of the molecule is Cl.Cl.NC(=NCCCCCCCCCCCCN=C(N)c1ccco1)c1ccco1. The number of rotatable bonds is 15. The second kappa shape index (κ2) is 17.9. The van der Waals surface area contributed by atoms with Gasteiger partial charge in [0.1, 0.15) is 0 Å². The van der Waals surface area contributed by atoms with Crippen LogP contribution in [-0.4, -0.2) is 24.8 Å². The third kappa shape index (κ3) is 11.9. The predicted molar refractivity (Wildman–Crippen MR) is 129 cm³/mol. The first-order valence-corrected chi connectivity index (χ1v) is 10.4. The molecule has 0 aliphatic heterocycles. The summed E-state index contributed by atoms with van der Waals surface area (Å²) in [5.74, 6) is 2.32. The molecular weight excluding hydrogens is 423 g/mol. The standard InChI is InChI=1S/C22H34N4O2.2ClH/c23-21(19-13-11-17-27-19)25-15-9-7-5-3-1-2-4-6-8-10-16-26-22(24)20-14-12-18-28-20;;/h11-14,17-18H,1-10,15-16H2,(H2,23,25)(H2,24,26);2*1H. The van der Waals surface area contributed by atoms with Gasteiger partial charge in [-0.2, -0.15) is 0 Å². The van der Waals surface area contributed by atoms with Crippen molar-refractivity contribution in [3.63, 3.8) is 0 Å². The van der Waals surface area contributed by atoms with E-state index in [1.807, 2.05) is 24.3 Å². The molecule has 8 heteroatoms. The van der Waals surface area contributed by atoms with Gasteiger partial charge in [0.25, 0.3) is 0 Å². The molecule has 0 atom stereocenters. The van der Waals surface area contributed by atoms with Crippen LogP contribution in [0, 0.1) is 0 Å². The first kappa shape index (κ1) is 28.1. The number of hydrogen-bond acceptors (Lipinski definition) is 4. The Kier molecular flexibility index (Phi) is 16.8. The van der Waals surface area contributed by atoms with Gasteiger partial charge in [-0.15, -0.1) is 24.8 Å². The van der Waals surface area contributed by atoms with Crippen molar-refractivity contribution in [2.45, 2.75) is 64.2 Å².